The Kier molecular flexibility index (Phi) is 8.70. The molecule has 42 heavy (non-hydrogen) atoms. The van der Waals surface area contributed by atoms with E-state index in [1.807, 2.05) is 51.1 Å². The van der Waals surface area contributed by atoms with Gasteiger partial charge in [-0.3, -0.25) is 9.48 Å². The van der Waals surface area contributed by atoms with E-state index in [0.717, 1.165) is 27.8 Å². The van der Waals surface area contributed by atoms with Crippen molar-refractivity contribution >= 4 is 17.9 Å². The summed E-state index contributed by atoms with van der Waals surface area (Å²) < 4.78 is 13.0. The van der Waals surface area contributed by atoms with Crippen molar-refractivity contribution in [1.82, 2.24) is 9.78 Å². The SMILES string of the molecule is CCOC(=O)c1c(C)c(-c2ccc(OCc3c(CC)cccc3C3(C(=O)O)C=CC(C)=C(C(=O)O)C3)c(C)c2)nn1C. The van der Waals surface area contributed by atoms with Gasteiger partial charge in [-0.1, -0.05) is 37.3 Å². The third kappa shape index (κ3) is 5.46. The zero-order valence-corrected chi connectivity index (χ0v) is 24.8. The van der Waals surface area contributed by atoms with Crippen molar-refractivity contribution < 1.29 is 34.1 Å². The van der Waals surface area contributed by atoms with E-state index in [1.54, 1.807) is 39.1 Å². The molecular formula is C33H36N2O7. The Labute approximate surface area is 245 Å². The normalized spacial score (nSPS) is 16.4. The molecule has 3 aromatic rings. The minimum atomic E-state index is -1.54. The summed E-state index contributed by atoms with van der Waals surface area (Å²) in [6.45, 7) is 9.53. The number of aryl methyl sites for hydroxylation is 3. The topological polar surface area (TPSA) is 128 Å². The van der Waals surface area contributed by atoms with Crippen molar-refractivity contribution in [1.29, 1.82) is 0 Å². The lowest BCUT2D eigenvalue weighted by molar-refractivity contribution is -0.142. The van der Waals surface area contributed by atoms with E-state index in [4.69, 9.17) is 9.47 Å². The lowest BCUT2D eigenvalue weighted by Crippen LogP contribution is -2.38. The maximum Gasteiger partial charge on any atom is 0.356 e. The number of hydrogen-bond acceptors (Lipinski definition) is 6. The van der Waals surface area contributed by atoms with Crippen molar-refractivity contribution in [2.45, 2.75) is 59.5 Å². The first-order chi connectivity index (χ1) is 19.9. The van der Waals surface area contributed by atoms with E-state index in [1.165, 1.54) is 4.68 Å². The number of ether oxygens (including phenoxy) is 2. The third-order valence-electron chi connectivity index (χ3n) is 7.90. The van der Waals surface area contributed by atoms with Crippen LogP contribution in [0.25, 0.3) is 11.3 Å². The number of allylic oxidation sites excluding steroid dienone is 2. The standard InChI is InChI=1S/C33H36N2O7/c1-7-22-10-9-11-26(33(32(39)40)15-14-19(3)24(17-33)30(36)37)25(22)18-42-27-13-12-23(16-20(27)4)28-21(5)29(35(6)34-28)31(38)41-8-2/h9-16H,7-8,17-18H2,1-6H3,(H,36,37)(H,39,40). The van der Waals surface area contributed by atoms with Crippen molar-refractivity contribution in [3.63, 3.8) is 0 Å². The van der Waals surface area contributed by atoms with Gasteiger partial charge in [0.25, 0.3) is 0 Å². The van der Waals surface area contributed by atoms with E-state index < -0.39 is 23.3 Å². The summed E-state index contributed by atoms with van der Waals surface area (Å²) >= 11 is 0. The number of rotatable bonds is 10. The molecule has 0 aliphatic heterocycles. The molecular weight excluding hydrogens is 536 g/mol. The highest BCUT2D eigenvalue weighted by Gasteiger charge is 2.44. The molecule has 1 unspecified atom stereocenters. The number of nitrogens with zero attached hydrogens (tertiary/aromatic N) is 2. The number of hydrogen-bond donors (Lipinski definition) is 2. The van der Waals surface area contributed by atoms with Gasteiger partial charge < -0.3 is 19.7 Å². The number of esters is 1. The largest absolute Gasteiger partial charge is 0.489 e. The highest BCUT2D eigenvalue weighted by molar-refractivity contribution is 5.94. The first kappa shape index (κ1) is 30.3. The summed E-state index contributed by atoms with van der Waals surface area (Å²) in [5, 5.41) is 24.8. The van der Waals surface area contributed by atoms with Crippen LogP contribution in [-0.4, -0.2) is 44.5 Å². The molecule has 0 saturated carbocycles. The molecule has 0 amide bonds. The average Bonchev–Trinajstić information content (AvgIpc) is 3.25. The van der Waals surface area contributed by atoms with Crippen LogP contribution in [0.2, 0.25) is 0 Å². The molecule has 0 radical (unpaired) electrons. The minimum Gasteiger partial charge on any atom is -0.489 e. The van der Waals surface area contributed by atoms with Crippen LogP contribution < -0.4 is 4.74 Å². The van der Waals surface area contributed by atoms with Gasteiger partial charge in [0.2, 0.25) is 0 Å². The molecule has 0 fully saturated rings. The highest BCUT2D eigenvalue weighted by Crippen LogP contribution is 2.41. The second-order valence-electron chi connectivity index (χ2n) is 10.5. The maximum atomic E-state index is 12.8. The third-order valence-corrected chi connectivity index (χ3v) is 7.90. The molecule has 1 heterocycles. The molecule has 1 aliphatic carbocycles. The van der Waals surface area contributed by atoms with Gasteiger partial charge in [0, 0.05) is 30.2 Å². The Morgan fingerprint density at radius 2 is 1.81 bits per heavy atom. The number of carboxylic acid groups (broad SMARTS) is 2. The van der Waals surface area contributed by atoms with E-state index in [9.17, 15) is 24.6 Å². The van der Waals surface area contributed by atoms with Gasteiger partial charge in [-0.15, -0.1) is 0 Å². The van der Waals surface area contributed by atoms with E-state index in [-0.39, 0.29) is 25.2 Å². The van der Waals surface area contributed by atoms with Crippen molar-refractivity contribution in [2.75, 3.05) is 6.61 Å². The van der Waals surface area contributed by atoms with Crippen LogP contribution in [0.15, 0.2) is 59.7 Å². The summed E-state index contributed by atoms with van der Waals surface area (Å²) in [5.41, 5.74) is 4.68. The Balaban J connectivity index is 1.68. The zero-order valence-electron chi connectivity index (χ0n) is 24.8. The second-order valence-corrected chi connectivity index (χ2v) is 10.5. The van der Waals surface area contributed by atoms with Crippen LogP contribution in [-0.2, 0) is 39.8 Å². The van der Waals surface area contributed by atoms with Crippen LogP contribution in [0, 0.1) is 13.8 Å². The van der Waals surface area contributed by atoms with Crippen LogP contribution in [0.3, 0.4) is 0 Å². The molecule has 2 aromatic carbocycles. The molecule has 220 valence electrons. The van der Waals surface area contributed by atoms with Gasteiger partial charge >= 0.3 is 17.9 Å². The molecule has 4 rings (SSSR count). The minimum absolute atomic E-state index is 0.0797. The number of carbonyl (C=O) groups excluding carboxylic acids is 1. The Morgan fingerprint density at radius 1 is 1.07 bits per heavy atom. The average molecular weight is 573 g/mol. The number of carboxylic acids is 2. The van der Waals surface area contributed by atoms with Crippen LogP contribution >= 0.6 is 0 Å². The van der Waals surface area contributed by atoms with Crippen molar-refractivity contribution in [3.05, 3.63) is 93.2 Å². The second kappa shape index (κ2) is 12.1. The number of carbonyl (C=O) groups is 3. The molecule has 2 N–H and O–H groups in total. The monoisotopic (exact) mass is 572 g/mol. The van der Waals surface area contributed by atoms with Gasteiger partial charge in [0.15, 0.2) is 0 Å². The van der Waals surface area contributed by atoms with E-state index in [2.05, 4.69) is 5.10 Å². The number of aromatic nitrogens is 2. The highest BCUT2D eigenvalue weighted by atomic mass is 16.5. The molecule has 0 bridgehead atoms. The summed E-state index contributed by atoms with van der Waals surface area (Å²) in [4.78, 5) is 37.2. The molecule has 1 aromatic heterocycles. The Morgan fingerprint density at radius 3 is 2.43 bits per heavy atom. The zero-order chi connectivity index (χ0) is 30.8. The quantitative estimate of drug-likeness (QED) is 0.296. The van der Waals surface area contributed by atoms with Gasteiger partial charge in [0.05, 0.1) is 12.3 Å². The molecule has 9 heteroatoms. The maximum absolute atomic E-state index is 12.8. The van der Waals surface area contributed by atoms with Gasteiger partial charge in [-0.2, -0.15) is 5.10 Å². The van der Waals surface area contributed by atoms with Crippen LogP contribution in [0.5, 0.6) is 5.75 Å². The smallest absolute Gasteiger partial charge is 0.356 e. The Hall–Kier alpha value is -4.66. The predicted molar refractivity (Wildman–Crippen MR) is 158 cm³/mol. The summed E-state index contributed by atoms with van der Waals surface area (Å²) in [5.74, 6) is -2.06. The van der Waals surface area contributed by atoms with Gasteiger partial charge in [0.1, 0.15) is 23.5 Å². The van der Waals surface area contributed by atoms with Crippen molar-refractivity contribution in [2.24, 2.45) is 7.05 Å². The number of benzene rings is 2. The molecule has 0 saturated heterocycles. The Bertz CT molecular complexity index is 1630. The van der Waals surface area contributed by atoms with E-state index >= 15 is 0 Å². The fraction of sp³-hybridized carbons (Fsp3) is 0.333. The molecule has 1 atom stereocenters. The van der Waals surface area contributed by atoms with Gasteiger partial charge in [-0.05, 0) is 80.1 Å². The van der Waals surface area contributed by atoms with Crippen LogP contribution in [0.1, 0.15) is 65.5 Å². The summed E-state index contributed by atoms with van der Waals surface area (Å²) in [6, 6.07) is 11.1. The molecule has 1 aliphatic rings. The van der Waals surface area contributed by atoms with Crippen molar-refractivity contribution in [3.8, 4) is 17.0 Å². The van der Waals surface area contributed by atoms with Gasteiger partial charge in [-0.25, -0.2) is 9.59 Å². The fourth-order valence-corrected chi connectivity index (χ4v) is 5.59. The summed E-state index contributed by atoms with van der Waals surface area (Å²) in [6.07, 6.45) is 3.66. The predicted octanol–water partition coefficient (Wildman–Crippen LogP) is 5.71. The lowest BCUT2D eigenvalue weighted by atomic mass is 9.69. The van der Waals surface area contributed by atoms with E-state index in [0.29, 0.717) is 34.7 Å². The fourth-order valence-electron chi connectivity index (χ4n) is 5.59. The number of aliphatic carboxylic acids is 2. The summed E-state index contributed by atoms with van der Waals surface area (Å²) in [7, 11) is 1.71. The molecule has 0 spiro atoms. The lowest BCUT2D eigenvalue weighted by Gasteiger charge is -2.33. The first-order valence-electron chi connectivity index (χ1n) is 13.9. The first-order valence-corrected chi connectivity index (χ1v) is 13.9. The molecule has 9 nitrogen and oxygen atoms in total. The van der Waals surface area contributed by atoms with Crippen LogP contribution in [0.4, 0.5) is 0 Å².